The number of anilines is 1. The van der Waals surface area contributed by atoms with Crippen LogP contribution in [-0.2, 0) is 14.3 Å². The van der Waals surface area contributed by atoms with Gasteiger partial charge >= 0.3 is 11.9 Å². The number of esters is 1. The molecule has 2 atom stereocenters. The van der Waals surface area contributed by atoms with Gasteiger partial charge in [-0.2, -0.15) is 0 Å². The molecule has 34 heavy (non-hydrogen) atoms. The Morgan fingerprint density at radius 1 is 1.26 bits per heavy atom. The molecule has 1 aromatic carbocycles. The Morgan fingerprint density at radius 3 is 2.71 bits per heavy atom. The number of fused-ring (bicyclic) bond motifs is 2. The largest absolute Gasteiger partial charge is 0.477 e. The van der Waals surface area contributed by atoms with Crippen LogP contribution in [0.1, 0.15) is 29.2 Å². The van der Waals surface area contributed by atoms with Crippen molar-refractivity contribution in [2.75, 3.05) is 38.3 Å². The molecule has 1 aromatic heterocycles. The maximum absolute atomic E-state index is 15.9. The summed E-state index contributed by atoms with van der Waals surface area (Å²) in [6.45, 7) is 1.34. The average molecular weight is 475 g/mol. The number of carbonyl (C=O) groups is 2. The molecule has 1 N–H and O–H groups in total. The number of rotatable bonds is 5. The van der Waals surface area contributed by atoms with Gasteiger partial charge in [0.2, 0.25) is 5.43 Å². The maximum Gasteiger partial charge on any atom is 0.341 e. The molecular weight excluding hydrogens is 452 g/mol. The number of aromatic nitrogens is 1. The first-order valence-corrected chi connectivity index (χ1v) is 11.0. The van der Waals surface area contributed by atoms with Crippen LogP contribution in [0.3, 0.4) is 0 Å². The van der Waals surface area contributed by atoms with Gasteiger partial charge < -0.3 is 28.9 Å². The van der Waals surface area contributed by atoms with Gasteiger partial charge in [-0.25, -0.2) is 18.4 Å². The Bertz CT molecular complexity index is 1270. The number of pyridine rings is 1. The van der Waals surface area contributed by atoms with Crippen LogP contribution in [-0.4, -0.2) is 72.0 Å². The molecule has 1 aliphatic carbocycles. The van der Waals surface area contributed by atoms with E-state index in [0.29, 0.717) is 26.0 Å². The predicted octanol–water partition coefficient (Wildman–Crippen LogP) is 1.89. The molecule has 0 bridgehead atoms. The molecule has 1 saturated carbocycles. The van der Waals surface area contributed by atoms with Crippen LogP contribution in [0, 0.1) is 11.6 Å². The topological polar surface area (TPSA) is 101 Å². The zero-order valence-electron chi connectivity index (χ0n) is 18.4. The molecule has 2 saturated heterocycles. The molecule has 0 radical (unpaired) electrons. The monoisotopic (exact) mass is 475 g/mol. The Kier molecular flexibility index (Phi) is 5.51. The lowest BCUT2D eigenvalue weighted by Gasteiger charge is -2.35. The van der Waals surface area contributed by atoms with Gasteiger partial charge in [-0.15, -0.1) is 0 Å². The summed E-state index contributed by atoms with van der Waals surface area (Å²) >= 11 is 0. The van der Waals surface area contributed by atoms with Crippen LogP contribution >= 0.6 is 0 Å². The Balaban J connectivity index is 1.56. The predicted molar refractivity (Wildman–Crippen MR) is 117 cm³/mol. The van der Waals surface area contributed by atoms with Crippen molar-refractivity contribution in [1.82, 2.24) is 9.47 Å². The van der Waals surface area contributed by atoms with Gasteiger partial charge in [0, 0.05) is 44.1 Å². The number of halogens is 2. The Morgan fingerprint density at radius 2 is 2.03 bits per heavy atom. The summed E-state index contributed by atoms with van der Waals surface area (Å²) in [6.07, 6.45) is 5.13. The smallest absolute Gasteiger partial charge is 0.341 e. The van der Waals surface area contributed by atoms with Gasteiger partial charge in [0.1, 0.15) is 17.1 Å². The lowest BCUT2D eigenvalue weighted by molar-refractivity contribution is -0.135. The number of carboxylic acids is 1. The van der Waals surface area contributed by atoms with Crippen LogP contribution in [0.2, 0.25) is 0 Å². The van der Waals surface area contributed by atoms with Gasteiger partial charge in [0.15, 0.2) is 5.82 Å². The summed E-state index contributed by atoms with van der Waals surface area (Å²) in [6, 6.07) is 0.542. The number of morpholine rings is 1. The number of hydrogen-bond acceptors (Lipinski definition) is 7. The molecular formula is C23H23F2N3O6. The number of hydrogen-bond donors (Lipinski definition) is 1. The molecule has 9 nitrogen and oxygen atoms in total. The summed E-state index contributed by atoms with van der Waals surface area (Å²) < 4.78 is 43.1. The third kappa shape index (κ3) is 3.69. The van der Waals surface area contributed by atoms with E-state index in [4.69, 9.17) is 4.74 Å². The first-order valence-electron chi connectivity index (χ1n) is 11.0. The zero-order chi connectivity index (χ0) is 24.1. The summed E-state index contributed by atoms with van der Waals surface area (Å²) in [5, 5.41) is 9.10. The van der Waals surface area contributed by atoms with E-state index < -0.39 is 34.6 Å². The number of methoxy groups -OCH3 is 1. The normalized spacial score (nSPS) is 22.4. The number of ether oxygens (including phenoxy) is 2. The summed E-state index contributed by atoms with van der Waals surface area (Å²) in [5.41, 5.74) is -1.80. The zero-order valence-corrected chi connectivity index (χ0v) is 18.4. The number of carboxylic acid groups (broad SMARTS) is 1. The number of nitrogens with zero attached hydrogens (tertiary/aromatic N) is 3. The van der Waals surface area contributed by atoms with Gasteiger partial charge in [0.25, 0.3) is 0 Å². The number of benzene rings is 1. The highest BCUT2D eigenvalue weighted by atomic mass is 19.1. The van der Waals surface area contributed by atoms with Crippen LogP contribution in [0.5, 0.6) is 0 Å². The molecule has 2 aromatic rings. The molecule has 3 fully saturated rings. The fourth-order valence-corrected chi connectivity index (χ4v) is 4.82. The lowest BCUT2D eigenvalue weighted by Crippen LogP contribution is -2.48. The molecule has 0 unspecified atom stereocenters. The second-order valence-electron chi connectivity index (χ2n) is 8.69. The van der Waals surface area contributed by atoms with Crippen molar-refractivity contribution in [3.8, 4) is 0 Å². The van der Waals surface area contributed by atoms with Crippen molar-refractivity contribution < 1.29 is 33.0 Å². The molecule has 3 heterocycles. The first kappa shape index (κ1) is 22.3. The highest BCUT2D eigenvalue weighted by molar-refractivity contribution is 5.94. The van der Waals surface area contributed by atoms with Crippen molar-refractivity contribution in [2.45, 2.75) is 31.0 Å². The summed E-state index contributed by atoms with van der Waals surface area (Å²) in [7, 11) is 1.28. The van der Waals surface area contributed by atoms with Gasteiger partial charge in [-0.1, -0.05) is 0 Å². The third-order valence-electron chi connectivity index (χ3n) is 6.62. The van der Waals surface area contributed by atoms with Gasteiger partial charge in [0.05, 0.1) is 36.8 Å². The molecule has 2 aliphatic heterocycles. The van der Waals surface area contributed by atoms with Crippen molar-refractivity contribution in [2.24, 2.45) is 0 Å². The summed E-state index contributed by atoms with van der Waals surface area (Å²) in [5.74, 6) is -3.79. The van der Waals surface area contributed by atoms with Crippen molar-refractivity contribution >= 4 is 28.5 Å². The SMILES string of the molecule is COC(=O)/C=C/N1CCO[C@H]2CN(c3c(F)cc4c(=O)c(C(=O)O)cn(C5CC5)c4c3F)C[C@H]21. The highest BCUT2D eigenvalue weighted by Gasteiger charge is 2.41. The molecule has 180 valence electrons. The van der Waals surface area contributed by atoms with E-state index in [1.807, 2.05) is 4.90 Å². The quantitative estimate of drug-likeness (QED) is 0.517. The molecule has 3 aliphatic rings. The van der Waals surface area contributed by atoms with Crippen LogP contribution in [0.25, 0.3) is 10.9 Å². The number of carbonyl (C=O) groups excluding carboxylic acids is 1. The van der Waals surface area contributed by atoms with Crippen LogP contribution < -0.4 is 10.3 Å². The first-order chi connectivity index (χ1) is 16.3. The van der Waals surface area contributed by atoms with E-state index in [2.05, 4.69) is 4.74 Å². The summed E-state index contributed by atoms with van der Waals surface area (Å²) in [4.78, 5) is 39.1. The minimum absolute atomic E-state index is 0.0906. The van der Waals surface area contributed by atoms with E-state index in [1.54, 1.807) is 6.20 Å². The highest BCUT2D eigenvalue weighted by Crippen LogP contribution is 2.40. The molecule has 0 amide bonds. The second kappa shape index (κ2) is 8.39. The molecule has 5 rings (SSSR count). The fourth-order valence-electron chi connectivity index (χ4n) is 4.82. The minimum atomic E-state index is -1.44. The average Bonchev–Trinajstić information content (AvgIpc) is 3.56. The molecule has 0 spiro atoms. The lowest BCUT2D eigenvalue weighted by atomic mass is 10.1. The van der Waals surface area contributed by atoms with E-state index in [1.165, 1.54) is 22.7 Å². The Hall–Kier alpha value is -3.47. The number of aromatic carboxylic acids is 1. The van der Waals surface area contributed by atoms with E-state index in [-0.39, 0.29) is 47.9 Å². The van der Waals surface area contributed by atoms with Crippen molar-refractivity contribution in [3.05, 3.63) is 52.0 Å². The van der Waals surface area contributed by atoms with Gasteiger partial charge in [-0.05, 0) is 18.9 Å². The minimum Gasteiger partial charge on any atom is -0.477 e. The molecule has 11 heteroatoms. The standard InChI is InChI=1S/C23H23F2N3O6/c1-33-18(29)4-5-26-6-7-34-17-11-27(10-16(17)26)21-15(24)8-13-20(19(21)25)28(12-2-3-12)9-14(22(13)30)23(31)32/h4-5,8-9,12,16-17H,2-3,6-7,10-11H2,1H3,(H,31,32)/b5-4+/t16-,17+/m1/s1. The van der Waals surface area contributed by atoms with Crippen LogP contribution in [0.4, 0.5) is 14.5 Å². The van der Waals surface area contributed by atoms with E-state index >= 15 is 8.78 Å². The van der Waals surface area contributed by atoms with E-state index in [9.17, 15) is 19.5 Å². The van der Waals surface area contributed by atoms with E-state index in [0.717, 1.165) is 12.3 Å². The van der Waals surface area contributed by atoms with Crippen LogP contribution in [0.15, 0.2) is 29.3 Å². The van der Waals surface area contributed by atoms with Crippen molar-refractivity contribution in [1.29, 1.82) is 0 Å². The van der Waals surface area contributed by atoms with Crippen molar-refractivity contribution in [3.63, 3.8) is 0 Å². The fraction of sp³-hybridized carbons (Fsp3) is 0.435. The Labute approximate surface area is 192 Å². The second-order valence-corrected chi connectivity index (χ2v) is 8.69. The maximum atomic E-state index is 15.9. The van der Waals surface area contributed by atoms with Gasteiger partial charge in [-0.3, -0.25) is 4.79 Å². The third-order valence-corrected chi connectivity index (χ3v) is 6.62.